The van der Waals surface area contributed by atoms with E-state index in [2.05, 4.69) is 9.97 Å². The minimum atomic E-state index is 0.332. The average molecular weight is 279 g/mol. The molecule has 2 rings (SSSR count). The summed E-state index contributed by atoms with van der Waals surface area (Å²) in [6.07, 6.45) is 3.40. The molecule has 0 aliphatic rings. The summed E-state index contributed by atoms with van der Waals surface area (Å²) in [6, 6.07) is 0. The summed E-state index contributed by atoms with van der Waals surface area (Å²) in [5.41, 5.74) is 7.34. The van der Waals surface area contributed by atoms with Gasteiger partial charge in [0.2, 0.25) is 0 Å². The molecule has 0 saturated carbocycles. The lowest BCUT2D eigenvalue weighted by molar-refractivity contribution is 0.0905. The quantitative estimate of drug-likeness (QED) is 0.827. The molecule has 19 heavy (non-hydrogen) atoms. The van der Waals surface area contributed by atoms with Crippen LogP contribution in [0.3, 0.4) is 0 Å². The maximum absolute atomic E-state index is 5.79. The second-order valence-electron chi connectivity index (χ2n) is 4.29. The highest BCUT2D eigenvalue weighted by molar-refractivity contribution is 7.80. The largest absolute Gasteiger partial charge is 0.389 e. The molecule has 0 saturated heterocycles. The molecule has 0 aliphatic carbocycles. The van der Waals surface area contributed by atoms with Crippen LogP contribution in [0.1, 0.15) is 12.5 Å². The minimum absolute atomic E-state index is 0.332. The summed E-state index contributed by atoms with van der Waals surface area (Å²) in [5, 5.41) is 0.861. The van der Waals surface area contributed by atoms with Gasteiger partial charge in [-0.25, -0.2) is 9.97 Å². The topological polar surface area (TPSA) is 69.2 Å². The molecule has 7 heteroatoms. The molecule has 2 aromatic heterocycles. The Bertz CT molecular complexity index is 607. The van der Waals surface area contributed by atoms with Crippen LogP contribution in [0.2, 0.25) is 0 Å². The summed E-state index contributed by atoms with van der Waals surface area (Å²) in [4.78, 5) is 10.8. The second-order valence-corrected chi connectivity index (χ2v) is 4.73. The van der Waals surface area contributed by atoms with Crippen LogP contribution in [0.25, 0.3) is 11.0 Å². The van der Waals surface area contributed by atoms with Gasteiger partial charge in [0.25, 0.3) is 0 Å². The number of hydrogen-bond acceptors (Lipinski definition) is 5. The van der Waals surface area contributed by atoms with E-state index in [9.17, 15) is 0 Å². The highest BCUT2D eigenvalue weighted by Gasteiger charge is 2.17. The molecule has 0 bridgehead atoms. The fraction of sp³-hybridized carbons (Fsp3) is 0.417. The number of nitrogens with zero attached hydrogens (tertiary/aromatic N) is 4. The molecular weight excluding hydrogens is 262 g/mol. The van der Waals surface area contributed by atoms with Gasteiger partial charge in [0.05, 0.1) is 5.39 Å². The van der Waals surface area contributed by atoms with E-state index in [-0.39, 0.29) is 0 Å². The van der Waals surface area contributed by atoms with Crippen LogP contribution in [0, 0.1) is 0 Å². The lowest BCUT2D eigenvalue weighted by Crippen LogP contribution is -2.14. The zero-order valence-corrected chi connectivity index (χ0v) is 12.1. The zero-order chi connectivity index (χ0) is 14.0. The van der Waals surface area contributed by atoms with Crippen molar-refractivity contribution in [2.75, 3.05) is 25.6 Å². The number of ether oxygens (including phenoxy) is 1. The normalized spacial score (nSPS) is 10.9. The van der Waals surface area contributed by atoms with Crippen LogP contribution in [0.4, 0.5) is 5.82 Å². The van der Waals surface area contributed by atoms with Crippen molar-refractivity contribution in [1.29, 1.82) is 0 Å². The predicted octanol–water partition coefficient (Wildman–Crippen LogP) is 1.13. The summed E-state index contributed by atoms with van der Waals surface area (Å²) < 4.78 is 7.32. The first kappa shape index (κ1) is 13.7. The Morgan fingerprint density at radius 2 is 2.21 bits per heavy atom. The third kappa shape index (κ3) is 2.52. The number of nitrogens with two attached hydrogens (primary N) is 1. The van der Waals surface area contributed by atoms with Gasteiger partial charge >= 0.3 is 0 Å². The van der Waals surface area contributed by atoms with Crippen LogP contribution in [0.15, 0.2) is 12.5 Å². The van der Waals surface area contributed by atoms with Crippen LogP contribution in [-0.4, -0.2) is 40.2 Å². The summed E-state index contributed by atoms with van der Waals surface area (Å²) in [6.45, 7) is 2.99. The summed E-state index contributed by atoms with van der Waals surface area (Å²) in [5.74, 6) is 0.794. The van der Waals surface area contributed by atoms with Crippen molar-refractivity contribution >= 4 is 34.1 Å². The van der Waals surface area contributed by atoms with Gasteiger partial charge in [-0.2, -0.15) is 0 Å². The number of hydrogen-bond donors (Lipinski definition) is 1. The lowest BCUT2D eigenvalue weighted by atomic mass is 10.2. The van der Waals surface area contributed by atoms with Crippen molar-refractivity contribution in [2.24, 2.45) is 5.73 Å². The summed E-state index contributed by atoms with van der Waals surface area (Å²) in [7, 11) is 3.84. The van der Waals surface area contributed by atoms with Crippen molar-refractivity contribution in [3.8, 4) is 0 Å². The second kappa shape index (κ2) is 5.50. The van der Waals surface area contributed by atoms with Gasteiger partial charge in [-0.05, 0) is 6.92 Å². The van der Waals surface area contributed by atoms with E-state index in [0.717, 1.165) is 22.4 Å². The molecule has 2 heterocycles. The molecule has 2 aromatic rings. The Morgan fingerprint density at radius 1 is 1.47 bits per heavy atom. The molecule has 6 nitrogen and oxygen atoms in total. The molecule has 0 aromatic carbocycles. The Morgan fingerprint density at radius 3 is 2.79 bits per heavy atom. The summed E-state index contributed by atoms with van der Waals surface area (Å²) >= 11 is 5.11. The fourth-order valence-corrected chi connectivity index (χ4v) is 2.08. The Hall–Kier alpha value is -1.73. The third-order valence-corrected chi connectivity index (χ3v) is 2.98. The van der Waals surface area contributed by atoms with Crippen LogP contribution in [-0.2, 0) is 11.5 Å². The van der Waals surface area contributed by atoms with E-state index in [0.29, 0.717) is 18.3 Å². The Labute approximate surface area is 117 Å². The highest BCUT2D eigenvalue weighted by Crippen LogP contribution is 2.27. The monoisotopic (exact) mass is 279 g/mol. The SMILES string of the molecule is CCOCn1cc(C(N)=S)c2c(N(C)C)ncnc21. The van der Waals surface area contributed by atoms with Gasteiger partial charge < -0.3 is 19.9 Å². The van der Waals surface area contributed by atoms with Gasteiger partial charge in [0.1, 0.15) is 29.5 Å². The van der Waals surface area contributed by atoms with Crippen LogP contribution >= 0.6 is 12.2 Å². The number of thiocarbonyl (C=S) groups is 1. The molecule has 0 amide bonds. The molecule has 0 fully saturated rings. The van der Waals surface area contributed by atoms with Gasteiger partial charge in [0, 0.05) is 32.5 Å². The molecular formula is C12H17N5OS. The van der Waals surface area contributed by atoms with Crippen molar-refractivity contribution in [3.05, 3.63) is 18.1 Å². The highest BCUT2D eigenvalue weighted by atomic mass is 32.1. The van der Waals surface area contributed by atoms with E-state index in [1.165, 1.54) is 6.33 Å². The number of aromatic nitrogens is 3. The first-order valence-electron chi connectivity index (χ1n) is 5.95. The Balaban J connectivity index is 2.67. The molecule has 102 valence electrons. The van der Waals surface area contributed by atoms with Gasteiger partial charge in [-0.15, -0.1) is 0 Å². The average Bonchev–Trinajstić information content (AvgIpc) is 2.75. The minimum Gasteiger partial charge on any atom is -0.389 e. The standard InChI is InChI=1S/C12H17N5OS/c1-4-18-7-17-5-8(10(13)19)9-11(16(2)3)14-6-15-12(9)17/h5-6H,4,7H2,1-3H3,(H2,13,19). The number of fused-ring (bicyclic) bond motifs is 1. The Kier molecular flexibility index (Phi) is 3.96. The van der Waals surface area contributed by atoms with Gasteiger partial charge in [-0.3, -0.25) is 0 Å². The maximum atomic E-state index is 5.79. The molecule has 0 spiro atoms. The van der Waals surface area contributed by atoms with Crippen LogP contribution in [0.5, 0.6) is 0 Å². The smallest absolute Gasteiger partial charge is 0.148 e. The van der Waals surface area contributed by atoms with E-state index >= 15 is 0 Å². The van der Waals surface area contributed by atoms with Crippen molar-refractivity contribution in [1.82, 2.24) is 14.5 Å². The first-order valence-corrected chi connectivity index (χ1v) is 6.35. The van der Waals surface area contributed by atoms with Crippen LogP contribution < -0.4 is 10.6 Å². The lowest BCUT2D eigenvalue weighted by Gasteiger charge is -2.13. The van der Waals surface area contributed by atoms with Gasteiger partial charge in [-0.1, -0.05) is 12.2 Å². The van der Waals surface area contributed by atoms with Crippen molar-refractivity contribution < 1.29 is 4.74 Å². The third-order valence-electron chi connectivity index (χ3n) is 2.76. The molecule has 0 unspecified atom stereocenters. The van der Waals surface area contributed by atoms with E-state index in [1.807, 2.05) is 36.7 Å². The van der Waals surface area contributed by atoms with Gasteiger partial charge in [0.15, 0.2) is 0 Å². The zero-order valence-electron chi connectivity index (χ0n) is 11.3. The van der Waals surface area contributed by atoms with Crippen molar-refractivity contribution in [2.45, 2.75) is 13.7 Å². The van der Waals surface area contributed by atoms with E-state index in [1.54, 1.807) is 0 Å². The first-order chi connectivity index (χ1) is 9.06. The molecule has 0 atom stereocenters. The predicted molar refractivity (Wildman–Crippen MR) is 79.4 cm³/mol. The van der Waals surface area contributed by atoms with E-state index in [4.69, 9.17) is 22.7 Å². The molecule has 0 radical (unpaired) electrons. The van der Waals surface area contributed by atoms with E-state index < -0.39 is 0 Å². The maximum Gasteiger partial charge on any atom is 0.148 e. The van der Waals surface area contributed by atoms with Crippen molar-refractivity contribution in [3.63, 3.8) is 0 Å². The fourth-order valence-electron chi connectivity index (χ4n) is 1.92. The number of rotatable bonds is 5. The molecule has 2 N–H and O–H groups in total. The molecule has 0 aliphatic heterocycles. The number of anilines is 1.